The van der Waals surface area contributed by atoms with Crippen LogP contribution in [-0.4, -0.2) is 35.5 Å². The van der Waals surface area contributed by atoms with Crippen LogP contribution in [-0.2, 0) is 14.3 Å². The fraction of sp³-hybridized carbons (Fsp3) is 0.583. The van der Waals surface area contributed by atoms with Gasteiger partial charge in [-0.05, 0) is 20.3 Å². The number of nitrogens with zero attached hydrogens (tertiary/aromatic N) is 1. The van der Waals surface area contributed by atoms with E-state index >= 15 is 0 Å². The first-order chi connectivity index (χ1) is 8.45. The molecule has 1 N–H and O–H groups in total. The smallest absolute Gasteiger partial charge is 0.333 e. The molecule has 0 saturated carbocycles. The summed E-state index contributed by atoms with van der Waals surface area (Å²) in [6.45, 7) is 5.74. The summed E-state index contributed by atoms with van der Waals surface area (Å²) in [7, 11) is 0. The zero-order valence-electron chi connectivity index (χ0n) is 10.9. The average Bonchev–Trinajstić information content (AvgIpc) is 2.51. The van der Waals surface area contributed by atoms with E-state index in [1.54, 1.807) is 13.8 Å². The summed E-state index contributed by atoms with van der Waals surface area (Å²) in [6, 6.07) is -0.489. The average molecular weight is 254 g/mol. The van der Waals surface area contributed by atoms with Crippen molar-refractivity contribution >= 4 is 17.9 Å². The first kappa shape index (κ1) is 14.2. The van der Waals surface area contributed by atoms with Crippen molar-refractivity contribution in [3.05, 3.63) is 11.8 Å². The lowest BCUT2D eigenvalue weighted by Gasteiger charge is -2.09. The van der Waals surface area contributed by atoms with Crippen LogP contribution >= 0.6 is 0 Å². The van der Waals surface area contributed by atoms with Crippen LogP contribution in [0.15, 0.2) is 11.8 Å². The van der Waals surface area contributed by atoms with E-state index < -0.39 is 17.9 Å². The van der Waals surface area contributed by atoms with Crippen LogP contribution in [0.25, 0.3) is 0 Å². The molecule has 1 saturated heterocycles. The molecule has 3 amide bonds. The van der Waals surface area contributed by atoms with Crippen molar-refractivity contribution in [2.24, 2.45) is 0 Å². The van der Waals surface area contributed by atoms with Crippen molar-refractivity contribution < 1.29 is 19.1 Å². The number of imide groups is 1. The predicted octanol–water partition coefficient (Wildman–Crippen LogP) is 1.17. The van der Waals surface area contributed by atoms with Gasteiger partial charge in [-0.3, -0.25) is 9.69 Å². The normalized spacial score (nSPS) is 17.6. The number of urea groups is 1. The fourth-order valence-electron chi connectivity index (χ4n) is 1.48. The summed E-state index contributed by atoms with van der Waals surface area (Å²) in [4.78, 5) is 35.8. The molecule has 0 aliphatic carbocycles. The van der Waals surface area contributed by atoms with E-state index in [1.165, 1.54) is 0 Å². The number of carbonyl (C=O) groups excluding carboxylic acids is 3. The molecule has 0 bridgehead atoms. The van der Waals surface area contributed by atoms with E-state index in [1.807, 2.05) is 6.92 Å². The van der Waals surface area contributed by atoms with E-state index in [0.29, 0.717) is 6.54 Å². The van der Waals surface area contributed by atoms with Crippen molar-refractivity contribution in [3.63, 3.8) is 0 Å². The highest BCUT2D eigenvalue weighted by Crippen LogP contribution is 2.11. The van der Waals surface area contributed by atoms with E-state index in [9.17, 15) is 14.4 Å². The first-order valence-corrected chi connectivity index (χ1v) is 6.00. The lowest BCUT2D eigenvalue weighted by atomic mass is 10.3. The molecule has 0 spiro atoms. The van der Waals surface area contributed by atoms with Crippen molar-refractivity contribution in [1.82, 2.24) is 10.2 Å². The van der Waals surface area contributed by atoms with Gasteiger partial charge in [0.15, 0.2) is 0 Å². The molecule has 0 aromatic heterocycles. The highest BCUT2D eigenvalue weighted by Gasteiger charge is 2.33. The topological polar surface area (TPSA) is 75.7 Å². The van der Waals surface area contributed by atoms with E-state index in [2.05, 4.69) is 5.32 Å². The summed E-state index contributed by atoms with van der Waals surface area (Å²) >= 11 is 0. The van der Waals surface area contributed by atoms with Crippen LogP contribution in [0.3, 0.4) is 0 Å². The Balaban J connectivity index is 2.70. The number of hydrogen-bond acceptors (Lipinski definition) is 4. The number of nitrogens with one attached hydrogen (secondary N) is 1. The Bertz CT molecular complexity index is 388. The number of unbranched alkanes of at least 4 members (excludes halogenated alkanes) is 1. The van der Waals surface area contributed by atoms with E-state index in [4.69, 9.17) is 4.74 Å². The Morgan fingerprint density at radius 2 is 2.11 bits per heavy atom. The highest BCUT2D eigenvalue weighted by molar-refractivity contribution is 6.13. The van der Waals surface area contributed by atoms with Gasteiger partial charge >= 0.3 is 12.0 Å². The molecule has 1 rings (SSSR count). The fourth-order valence-corrected chi connectivity index (χ4v) is 1.48. The number of rotatable bonds is 5. The lowest BCUT2D eigenvalue weighted by molar-refractivity contribution is -0.141. The molecule has 100 valence electrons. The zero-order chi connectivity index (χ0) is 13.7. The SMILES string of the molecule is CCCCN1C(=O)N/C(=C\C(=O)OC(C)C)C1=O. The Labute approximate surface area is 106 Å². The maximum atomic E-state index is 11.8. The summed E-state index contributed by atoms with van der Waals surface area (Å²) in [5, 5.41) is 2.36. The third-order valence-corrected chi connectivity index (χ3v) is 2.31. The molecule has 1 aliphatic heterocycles. The number of carbonyl (C=O) groups is 3. The zero-order valence-corrected chi connectivity index (χ0v) is 10.9. The third kappa shape index (κ3) is 3.58. The standard InChI is InChI=1S/C12H18N2O4/c1-4-5-6-14-11(16)9(13-12(14)17)7-10(15)18-8(2)3/h7-8H,4-6H2,1-3H3,(H,13,17)/b9-7-. The molecule has 0 aromatic rings. The van der Waals surface area contributed by atoms with Gasteiger partial charge in [-0.25, -0.2) is 9.59 Å². The number of hydrogen-bond donors (Lipinski definition) is 1. The van der Waals surface area contributed by atoms with Gasteiger partial charge in [0.1, 0.15) is 5.70 Å². The quantitative estimate of drug-likeness (QED) is 0.454. The third-order valence-electron chi connectivity index (χ3n) is 2.31. The Morgan fingerprint density at radius 3 is 2.67 bits per heavy atom. The molecule has 0 atom stereocenters. The highest BCUT2D eigenvalue weighted by atomic mass is 16.5. The van der Waals surface area contributed by atoms with Crippen molar-refractivity contribution in [1.29, 1.82) is 0 Å². The lowest BCUT2D eigenvalue weighted by Crippen LogP contribution is -2.31. The Hall–Kier alpha value is -1.85. The minimum Gasteiger partial charge on any atom is -0.460 e. The van der Waals surface area contributed by atoms with Crippen LogP contribution < -0.4 is 5.32 Å². The second-order valence-corrected chi connectivity index (χ2v) is 4.28. The molecule has 6 heteroatoms. The van der Waals surface area contributed by atoms with Gasteiger partial charge in [0.25, 0.3) is 5.91 Å². The molecule has 6 nitrogen and oxygen atoms in total. The second-order valence-electron chi connectivity index (χ2n) is 4.28. The molecule has 1 heterocycles. The summed E-state index contributed by atoms with van der Waals surface area (Å²) in [5.74, 6) is -1.11. The predicted molar refractivity (Wildman–Crippen MR) is 64.5 cm³/mol. The minimum atomic E-state index is -0.633. The van der Waals surface area contributed by atoms with Gasteiger partial charge in [0, 0.05) is 6.54 Å². The van der Waals surface area contributed by atoms with Crippen molar-refractivity contribution in [3.8, 4) is 0 Å². The maximum Gasteiger partial charge on any atom is 0.333 e. The van der Waals surface area contributed by atoms with Crippen LogP contribution in [0.4, 0.5) is 4.79 Å². The molecule has 1 fully saturated rings. The van der Waals surface area contributed by atoms with Crippen LogP contribution in [0, 0.1) is 0 Å². The van der Waals surface area contributed by atoms with Crippen molar-refractivity contribution in [2.45, 2.75) is 39.7 Å². The summed E-state index contributed by atoms with van der Waals surface area (Å²) in [6.07, 6.45) is 2.37. The van der Waals surface area contributed by atoms with Gasteiger partial charge in [0.05, 0.1) is 12.2 Å². The van der Waals surface area contributed by atoms with Crippen LogP contribution in [0.2, 0.25) is 0 Å². The molecular formula is C12H18N2O4. The second kappa shape index (κ2) is 6.18. The molecule has 0 aromatic carbocycles. The van der Waals surface area contributed by atoms with E-state index in [-0.39, 0.29) is 11.8 Å². The monoisotopic (exact) mass is 254 g/mol. The Kier molecular flexibility index (Phi) is 4.88. The minimum absolute atomic E-state index is 0.0262. The van der Waals surface area contributed by atoms with Crippen molar-refractivity contribution in [2.75, 3.05) is 6.54 Å². The first-order valence-electron chi connectivity index (χ1n) is 6.00. The molecule has 0 unspecified atom stereocenters. The molecule has 0 radical (unpaired) electrons. The van der Waals surface area contributed by atoms with Gasteiger partial charge in [-0.2, -0.15) is 0 Å². The maximum absolute atomic E-state index is 11.8. The number of amides is 3. The summed E-state index contributed by atoms with van der Waals surface area (Å²) in [5.41, 5.74) is -0.0262. The largest absolute Gasteiger partial charge is 0.460 e. The van der Waals surface area contributed by atoms with Gasteiger partial charge in [0.2, 0.25) is 0 Å². The summed E-state index contributed by atoms with van der Waals surface area (Å²) < 4.78 is 4.87. The Morgan fingerprint density at radius 1 is 1.44 bits per heavy atom. The van der Waals surface area contributed by atoms with E-state index in [0.717, 1.165) is 23.8 Å². The van der Waals surface area contributed by atoms with Gasteiger partial charge < -0.3 is 10.1 Å². The molecular weight excluding hydrogens is 236 g/mol. The number of ether oxygens (including phenoxy) is 1. The van der Waals surface area contributed by atoms with Gasteiger partial charge in [-0.15, -0.1) is 0 Å². The number of esters is 1. The molecule has 18 heavy (non-hydrogen) atoms. The van der Waals surface area contributed by atoms with Gasteiger partial charge in [-0.1, -0.05) is 13.3 Å². The molecule has 1 aliphatic rings. The van der Waals surface area contributed by atoms with Crippen LogP contribution in [0.5, 0.6) is 0 Å². The van der Waals surface area contributed by atoms with Crippen LogP contribution in [0.1, 0.15) is 33.6 Å².